The Kier molecular flexibility index (Phi) is 9.79. The van der Waals surface area contributed by atoms with Crippen molar-refractivity contribution >= 4 is 17.5 Å². The highest BCUT2D eigenvalue weighted by Crippen LogP contribution is 2.27. The molecule has 0 bridgehead atoms. The van der Waals surface area contributed by atoms with Crippen LogP contribution in [0.15, 0.2) is 48.5 Å². The zero-order chi connectivity index (χ0) is 25.2. The first-order chi connectivity index (χ1) is 17.6. The maximum absolute atomic E-state index is 13.9. The molecule has 2 aliphatic rings. The summed E-state index contributed by atoms with van der Waals surface area (Å²) in [6.45, 7) is 7.54. The van der Waals surface area contributed by atoms with Crippen LogP contribution in [0, 0.1) is 0 Å². The lowest BCUT2D eigenvalue weighted by Crippen LogP contribution is -2.35. The van der Waals surface area contributed by atoms with Crippen molar-refractivity contribution in [1.29, 1.82) is 0 Å². The number of rotatable bonds is 6. The van der Waals surface area contributed by atoms with E-state index in [0.29, 0.717) is 37.6 Å². The Labute approximate surface area is 216 Å². The largest absolute Gasteiger partial charge is 0.493 e. The van der Waals surface area contributed by atoms with Crippen LogP contribution >= 0.6 is 0 Å². The molecule has 0 atom stereocenters. The molecular weight excluding hydrogens is 450 g/mol. The van der Waals surface area contributed by atoms with Crippen LogP contribution in [0.3, 0.4) is 0 Å². The molecule has 194 valence electrons. The van der Waals surface area contributed by atoms with Crippen molar-refractivity contribution in [2.45, 2.75) is 64.8 Å². The van der Waals surface area contributed by atoms with E-state index >= 15 is 0 Å². The van der Waals surface area contributed by atoms with Crippen LogP contribution in [-0.4, -0.2) is 60.9 Å². The van der Waals surface area contributed by atoms with Crippen LogP contribution in [0.1, 0.15) is 74.2 Å². The number of anilines is 1. The number of hydrogen-bond donors (Lipinski definition) is 0. The van der Waals surface area contributed by atoms with E-state index in [1.807, 2.05) is 58.3 Å². The van der Waals surface area contributed by atoms with Crippen LogP contribution in [-0.2, 0) is 11.3 Å². The Balaban J connectivity index is 1.51. The van der Waals surface area contributed by atoms with Gasteiger partial charge in [-0.05, 0) is 69.0 Å². The Morgan fingerprint density at radius 1 is 0.806 bits per heavy atom. The average molecular weight is 492 g/mol. The molecule has 6 nitrogen and oxygen atoms in total. The number of para-hydroxylation sites is 2. The fraction of sp³-hybridized carbons (Fsp3) is 0.533. The Hall–Kier alpha value is -2.86. The van der Waals surface area contributed by atoms with E-state index in [-0.39, 0.29) is 11.8 Å². The molecule has 2 heterocycles. The summed E-state index contributed by atoms with van der Waals surface area (Å²) >= 11 is 0. The Morgan fingerprint density at radius 2 is 1.47 bits per heavy atom. The van der Waals surface area contributed by atoms with Gasteiger partial charge in [0.05, 0.1) is 12.2 Å². The highest BCUT2D eigenvalue weighted by atomic mass is 16.5. The number of nitrogens with zero attached hydrogens (tertiary/aromatic N) is 3. The van der Waals surface area contributed by atoms with E-state index in [1.54, 1.807) is 6.92 Å². The molecule has 1 fully saturated rings. The van der Waals surface area contributed by atoms with Gasteiger partial charge in [-0.2, -0.15) is 0 Å². The van der Waals surface area contributed by atoms with Crippen molar-refractivity contribution < 1.29 is 14.3 Å². The number of benzene rings is 2. The smallest absolute Gasteiger partial charge is 0.257 e. The second-order valence-corrected chi connectivity index (χ2v) is 10.0. The SMILES string of the molecule is CC(=O)N1CCCCCCCN(C(=O)c2ccccc2OCCCN2CCCC2)Cc2ccccc21. The molecule has 1 saturated heterocycles. The van der Waals surface area contributed by atoms with Crippen molar-refractivity contribution in [3.8, 4) is 5.75 Å². The maximum atomic E-state index is 13.9. The van der Waals surface area contributed by atoms with Crippen LogP contribution in [0.4, 0.5) is 5.69 Å². The summed E-state index contributed by atoms with van der Waals surface area (Å²) in [7, 11) is 0. The van der Waals surface area contributed by atoms with E-state index < -0.39 is 0 Å². The fourth-order valence-electron chi connectivity index (χ4n) is 5.33. The van der Waals surface area contributed by atoms with Crippen molar-refractivity contribution in [2.75, 3.05) is 44.2 Å². The lowest BCUT2D eigenvalue weighted by molar-refractivity contribution is -0.116. The van der Waals surface area contributed by atoms with Gasteiger partial charge in [0.15, 0.2) is 0 Å². The number of likely N-dealkylation sites (tertiary alicyclic amines) is 1. The minimum absolute atomic E-state index is 0.00798. The van der Waals surface area contributed by atoms with Crippen molar-refractivity contribution in [3.05, 3.63) is 59.7 Å². The number of carbonyl (C=O) groups is 2. The molecule has 2 amide bonds. The molecule has 2 aromatic carbocycles. The predicted molar refractivity (Wildman–Crippen MR) is 145 cm³/mol. The molecule has 36 heavy (non-hydrogen) atoms. The third-order valence-electron chi connectivity index (χ3n) is 7.31. The van der Waals surface area contributed by atoms with Gasteiger partial charge in [0.2, 0.25) is 5.91 Å². The number of carbonyl (C=O) groups excluding carboxylic acids is 2. The molecule has 0 unspecified atom stereocenters. The molecule has 0 aromatic heterocycles. The lowest BCUT2D eigenvalue weighted by Gasteiger charge is -2.29. The van der Waals surface area contributed by atoms with Gasteiger partial charge in [-0.1, -0.05) is 49.6 Å². The zero-order valence-electron chi connectivity index (χ0n) is 21.8. The predicted octanol–water partition coefficient (Wildman–Crippen LogP) is 5.51. The first-order valence-corrected chi connectivity index (χ1v) is 13.7. The third-order valence-corrected chi connectivity index (χ3v) is 7.31. The third kappa shape index (κ3) is 7.10. The molecule has 6 heteroatoms. The van der Waals surface area contributed by atoms with Gasteiger partial charge in [0, 0.05) is 38.8 Å². The molecule has 0 aliphatic carbocycles. The molecule has 4 rings (SSSR count). The molecule has 0 N–H and O–H groups in total. The summed E-state index contributed by atoms with van der Waals surface area (Å²) in [5.74, 6) is 0.699. The first-order valence-electron chi connectivity index (χ1n) is 13.7. The van der Waals surface area contributed by atoms with Gasteiger partial charge in [0.1, 0.15) is 5.75 Å². The second-order valence-electron chi connectivity index (χ2n) is 10.0. The standard InChI is InChI=1S/C30H41N3O3/c1-25(34)33-22-10-4-2-3-9-21-32(24-26-14-5-7-16-28(26)33)30(35)27-15-6-8-17-29(27)36-23-13-20-31-18-11-12-19-31/h5-8,14-17H,2-4,9-13,18-24H2,1H3. The average Bonchev–Trinajstić information content (AvgIpc) is 3.40. The van der Waals surface area contributed by atoms with Crippen molar-refractivity contribution in [2.24, 2.45) is 0 Å². The highest BCUT2D eigenvalue weighted by Gasteiger charge is 2.23. The van der Waals surface area contributed by atoms with E-state index in [1.165, 1.54) is 25.9 Å². The van der Waals surface area contributed by atoms with Gasteiger partial charge in [-0.3, -0.25) is 9.59 Å². The monoisotopic (exact) mass is 491 g/mol. The van der Waals surface area contributed by atoms with Crippen molar-refractivity contribution in [1.82, 2.24) is 9.80 Å². The van der Waals surface area contributed by atoms with Gasteiger partial charge >= 0.3 is 0 Å². The summed E-state index contributed by atoms with van der Waals surface area (Å²) < 4.78 is 6.14. The maximum Gasteiger partial charge on any atom is 0.257 e. The van der Waals surface area contributed by atoms with Gasteiger partial charge in [0.25, 0.3) is 5.91 Å². The summed E-state index contributed by atoms with van der Waals surface area (Å²) in [5, 5.41) is 0. The van der Waals surface area contributed by atoms with Crippen LogP contribution < -0.4 is 9.64 Å². The minimum atomic E-state index is -0.00798. The zero-order valence-corrected chi connectivity index (χ0v) is 21.8. The summed E-state index contributed by atoms with van der Waals surface area (Å²) in [6, 6.07) is 15.6. The van der Waals surface area contributed by atoms with Crippen LogP contribution in [0.25, 0.3) is 0 Å². The van der Waals surface area contributed by atoms with E-state index in [9.17, 15) is 9.59 Å². The Bertz CT molecular complexity index is 1000. The quantitative estimate of drug-likeness (QED) is 0.500. The number of ether oxygens (including phenoxy) is 1. The fourth-order valence-corrected chi connectivity index (χ4v) is 5.33. The van der Waals surface area contributed by atoms with Gasteiger partial charge in [-0.25, -0.2) is 0 Å². The van der Waals surface area contributed by atoms with E-state index in [4.69, 9.17) is 4.74 Å². The van der Waals surface area contributed by atoms with Crippen LogP contribution in [0.2, 0.25) is 0 Å². The Morgan fingerprint density at radius 3 is 2.28 bits per heavy atom. The number of amides is 2. The summed E-state index contributed by atoms with van der Waals surface area (Å²) in [4.78, 5) is 32.6. The molecule has 2 aromatic rings. The summed E-state index contributed by atoms with van der Waals surface area (Å²) in [6.07, 6.45) is 8.81. The molecule has 0 radical (unpaired) electrons. The van der Waals surface area contributed by atoms with Gasteiger partial charge < -0.3 is 19.4 Å². The van der Waals surface area contributed by atoms with Gasteiger partial charge in [-0.15, -0.1) is 0 Å². The second kappa shape index (κ2) is 13.4. The van der Waals surface area contributed by atoms with Crippen molar-refractivity contribution in [3.63, 3.8) is 0 Å². The molecule has 0 saturated carbocycles. The van der Waals surface area contributed by atoms with Crippen LogP contribution in [0.5, 0.6) is 5.75 Å². The number of hydrogen-bond acceptors (Lipinski definition) is 4. The van der Waals surface area contributed by atoms with E-state index in [0.717, 1.165) is 56.3 Å². The van der Waals surface area contributed by atoms with E-state index in [2.05, 4.69) is 4.90 Å². The topological polar surface area (TPSA) is 53.1 Å². The molecular formula is C30H41N3O3. The highest BCUT2D eigenvalue weighted by molar-refractivity contribution is 5.97. The molecule has 0 spiro atoms. The lowest BCUT2D eigenvalue weighted by atomic mass is 10.1. The minimum Gasteiger partial charge on any atom is -0.493 e. The number of fused-ring (bicyclic) bond motifs is 1. The molecule has 2 aliphatic heterocycles. The summed E-state index contributed by atoms with van der Waals surface area (Å²) in [5.41, 5.74) is 2.53. The normalized spacial score (nSPS) is 17.7. The first kappa shape index (κ1) is 26.2.